The maximum atomic E-state index is 12.8. The average molecular weight is 351 g/mol. The number of hydrogen-bond acceptors (Lipinski definition) is 5. The first-order valence-electron chi connectivity index (χ1n) is 8.72. The number of amides is 1. The Morgan fingerprint density at radius 2 is 2.08 bits per heavy atom. The monoisotopic (exact) mass is 351 g/mol. The lowest BCUT2D eigenvalue weighted by Crippen LogP contribution is -2.45. The molecule has 0 spiro atoms. The van der Waals surface area contributed by atoms with Crippen molar-refractivity contribution in [3.05, 3.63) is 72.2 Å². The van der Waals surface area contributed by atoms with Gasteiger partial charge in [0.1, 0.15) is 6.04 Å². The van der Waals surface area contributed by atoms with Gasteiger partial charge in [-0.05, 0) is 36.2 Å². The molecule has 1 atom stereocenters. The summed E-state index contributed by atoms with van der Waals surface area (Å²) in [7, 11) is 0. The van der Waals surface area contributed by atoms with Crippen LogP contribution in [0.5, 0.6) is 0 Å². The van der Waals surface area contributed by atoms with E-state index in [4.69, 9.17) is 4.42 Å². The highest BCUT2D eigenvalue weighted by molar-refractivity contribution is 5.80. The van der Waals surface area contributed by atoms with E-state index in [-0.39, 0.29) is 11.9 Å². The van der Waals surface area contributed by atoms with Crippen molar-refractivity contribution in [1.82, 2.24) is 25.0 Å². The second kappa shape index (κ2) is 7.53. The van der Waals surface area contributed by atoms with Crippen LogP contribution in [-0.2, 0) is 24.3 Å². The molecular formula is C19H21N5O2. The summed E-state index contributed by atoms with van der Waals surface area (Å²) in [6, 6.07) is 7.53. The predicted molar refractivity (Wildman–Crippen MR) is 95.0 cm³/mol. The minimum absolute atomic E-state index is 0.000833. The zero-order valence-corrected chi connectivity index (χ0v) is 14.4. The van der Waals surface area contributed by atoms with Crippen LogP contribution in [0, 0.1) is 0 Å². The predicted octanol–water partition coefficient (Wildman–Crippen LogP) is 1.79. The van der Waals surface area contributed by atoms with Crippen molar-refractivity contribution in [1.29, 1.82) is 0 Å². The molecule has 1 N–H and O–H groups in total. The number of aromatic nitrogens is 3. The molecular weight excluding hydrogens is 330 g/mol. The van der Waals surface area contributed by atoms with Gasteiger partial charge < -0.3 is 9.73 Å². The molecule has 7 nitrogen and oxygen atoms in total. The van der Waals surface area contributed by atoms with E-state index in [1.54, 1.807) is 31.1 Å². The average Bonchev–Trinajstić information content (AvgIpc) is 3.33. The van der Waals surface area contributed by atoms with Gasteiger partial charge in [-0.1, -0.05) is 0 Å². The van der Waals surface area contributed by atoms with E-state index in [0.717, 1.165) is 36.3 Å². The van der Waals surface area contributed by atoms with Gasteiger partial charge in [0, 0.05) is 50.3 Å². The number of nitrogens with zero attached hydrogens (tertiary/aromatic N) is 4. The van der Waals surface area contributed by atoms with E-state index >= 15 is 0 Å². The van der Waals surface area contributed by atoms with Crippen molar-refractivity contribution in [3.8, 4) is 0 Å². The minimum atomic E-state index is -0.321. The lowest BCUT2D eigenvalue weighted by atomic mass is 10.1. The number of rotatable bonds is 6. The zero-order chi connectivity index (χ0) is 17.8. The third-order valence-corrected chi connectivity index (χ3v) is 4.62. The van der Waals surface area contributed by atoms with Crippen LogP contribution in [-0.4, -0.2) is 38.7 Å². The molecule has 7 heteroatoms. The molecule has 26 heavy (non-hydrogen) atoms. The van der Waals surface area contributed by atoms with E-state index in [9.17, 15) is 4.79 Å². The fraction of sp³-hybridized carbons (Fsp3) is 0.316. The highest BCUT2D eigenvalue weighted by atomic mass is 16.3. The van der Waals surface area contributed by atoms with E-state index in [2.05, 4.69) is 20.3 Å². The van der Waals surface area contributed by atoms with E-state index < -0.39 is 0 Å². The zero-order valence-electron chi connectivity index (χ0n) is 14.4. The molecule has 0 bridgehead atoms. The maximum absolute atomic E-state index is 12.8. The minimum Gasteiger partial charge on any atom is -0.472 e. The summed E-state index contributed by atoms with van der Waals surface area (Å²) in [5.74, 6) is 0.000833. The van der Waals surface area contributed by atoms with Crippen molar-refractivity contribution in [3.63, 3.8) is 0 Å². The summed E-state index contributed by atoms with van der Waals surface area (Å²) in [5, 5.41) is 7.40. The Labute approximate surface area is 151 Å². The number of carbonyl (C=O) groups is 1. The van der Waals surface area contributed by atoms with Crippen molar-refractivity contribution >= 4 is 5.91 Å². The lowest BCUT2D eigenvalue weighted by Gasteiger charge is -2.32. The number of furan rings is 1. The van der Waals surface area contributed by atoms with Crippen LogP contribution in [0.25, 0.3) is 0 Å². The number of nitrogens with one attached hydrogen (secondary N) is 1. The van der Waals surface area contributed by atoms with Crippen molar-refractivity contribution in [2.45, 2.75) is 25.6 Å². The first-order valence-corrected chi connectivity index (χ1v) is 8.72. The second-order valence-corrected chi connectivity index (χ2v) is 6.48. The van der Waals surface area contributed by atoms with Gasteiger partial charge in [0.2, 0.25) is 5.91 Å². The molecule has 0 radical (unpaired) electrons. The lowest BCUT2D eigenvalue weighted by molar-refractivity contribution is -0.126. The molecule has 4 rings (SSSR count). The molecule has 1 aliphatic rings. The summed E-state index contributed by atoms with van der Waals surface area (Å²) in [6.07, 6.45) is 9.49. The van der Waals surface area contributed by atoms with Gasteiger partial charge in [-0.25, -0.2) is 0 Å². The van der Waals surface area contributed by atoms with Crippen LogP contribution in [0.4, 0.5) is 0 Å². The topological polar surface area (TPSA) is 76.2 Å². The van der Waals surface area contributed by atoms with E-state index in [1.807, 2.05) is 28.9 Å². The van der Waals surface area contributed by atoms with E-state index in [0.29, 0.717) is 13.1 Å². The van der Waals surface area contributed by atoms with Gasteiger partial charge in [-0.15, -0.1) is 0 Å². The Morgan fingerprint density at radius 3 is 2.88 bits per heavy atom. The normalized spacial score (nSPS) is 17.0. The molecule has 3 aromatic rings. The first-order chi connectivity index (χ1) is 12.8. The van der Waals surface area contributed by atoms with Crippen LogP contribution in [0.3, 0.4) is 0 Å². The van der Waals surface area contributed by atoms with Crippen LogP contribution in [0.1, 0.15) is 22.9 Å². The summed E-state index contributed by atoms with van der Waals surface area (Å²) >= 11 is 0. The van der Waals surface area contributed by atoms with Gasteiger partial charge in [-0.3, -0.25) is 19.4 Å². The van der Waals surface area contributed by atoms with E-state index in [1.165, 1.54) is 0 Å². The second-order valence-electron chi connectivity index (χ2n) is 6.48. The molecule has 0 saturated heterocycles. The Kier molecular flexibility index (Phi) is 4.79. The van der Waals surface area contributed by atoms with Gasteiger partial charge in [-0.2, -0.15) is 5.10 Å². The molecule has 3 aromatic heterocycles. The Hall–Kier alpha value is -2.93. The molecule has 0 unspecified atom stereocenters. The number of fused-ring (bicyclic) bond motifs is 1. The molecule has 0 saturated carbocycles. The molecule has 0 aromatic carbocycles. The van der Waals surface area contributed by atoms with Gasteiger partial charge in [0.05, 0.1) is 18.2 Å². The fourth-order valence-electron chi connectivity index (χ4n) is 3.32. The number of carbonyl (C=O) groups excluding carboxylic acids is 1. The summed E-state index contributed by atoms with van der Waals surface area (Å²) < 4.78 is 6.99. The largest absolute Gasteiger partial charge is 0.472 e. The van der Waals surface area contributed by atoms with Crippen molar-refractivity contribution in [2.75, 3.05) is 13.1 Å². The van der Waals surface area contributed by atoms with Crippen LogP contribution >= 0.6 is 0 Å². The van der Waals surface area contributed by atoms with Gasteiger partial charge in [0.25, 0.3) is 0 Å². The molecule has 0 aliphatic carbocycles. The third-order valence-electron chi connectivity index (χ3n) is 4.62. The third kappa shape index (κ3) is 3.67. The molecule has 1 amide bonds. The van der Waals surface area contributed by atoms with Crippen molar-refractivity contribution in [2.24, 2.45) is 0 Å². The maximum Gasteiger partial charge on any atom is 0.246 e. The number of hydrogen-bond donors (Lipinski definition) is 1. The SMILES string of the molecule is O=C(NCCc1ccncc1)[C@H]1CN(Cc2ccoc2)Cc2ccnn21. The summed E-state index contributed by atoms with van der Waals surface area (Å²) in [4.78, 5) is 19.0. The molecule has 4 heterocycles. The molecule has 1 aliphatic heterocycles. The number of pyridine rings is 1. The molecule has 134 valence electrons. The fourth-order valence-corrected chi connectivity index (χ4v) is 3.32. The van der Waals surface area contributed by atoms with Crippen LogP contribution in [0.2, 0.25) is 0 Å². The summed E-state index contributed by atoms with van der Waals surface area (Å²) in [5.41, 5.74) is 3.31. The highest BCUT2D eigenvalue weighted by Gasteiger charge is 2.30. The van der Waals surface area contributed by atoms with Crippen LogP contribution < -0.4 is 5.32 Å². The smallest absolute Gasteiger partial charge is 0.246 e. The van der Waals surface area contributed by atoms with Crippen molar-refractivity contribution < 1.29 is 9.21 Å². The van der Waals surface area contributed by atoms with Crippen LogP contribution in [0.15, 0.2) is 59.8 Å². The standard InChI is InChI=1S/C19H21N5O2/c25-19(21-8-3-15-1-6-20-7-2-15)18-13-23(11-16-5-10-26-14-16)12-17-4-9-22-24(17)18/h1-2,4-7,9-10,14,18H,3,8,11-13H2,(H,21,25)/t18-/m1/s1. The van der Waals surface area contributed by atoms with Gasteiger partial charge in [0.15, 0.2) is 0 Å². The molecule has 0 fully saturated rings. The Bertz CT molecular complexity index is 844. The van der Waals surface area contributed by atoms with Gasteiger partial charge >= 0.3 is 0 Å². The highest BCUT2D eigenvalue weighted by Crippen LogP contribution is 2.22. The first kappa shape index (κ1) is 16.5. The quantitative estimate of drug-likeness (QED) is 0.733. The Morgan fingerprint density at radius 1 is 1.19 bits per heavy atom. The summed E-state index contributed by atoms with van der Waals surface area (Å²) in [6.45, 7) is 2.74. The Balaban J connectivity index is 1.40.